The molecule has 0 N–H and O–H groups in total. The first-order valence-corrected chi connectivity index (χ1v) is 2.23. The molecular formula is C4H5NO5. The van der Waals surface area contributed by atoms with Gasteiger partial charge < -0.3 is 0 Å². The first kappa shape index (κ1) is 8.41. The number of carbonyl (C=O) groups is 1. The summed E-state index contributed by atoms with van der Waals surface area (Å²) in [5, 5.41) is 8.17. The second-order valence-electron chi connectivity index (χ2n) is 1.45. The Balaban J connectivity index is 3.60. The highest BCUT2D eigenvalue weighted by Crippen LogP contribution is 1.91. The molecule has 0 unspecified atom stereocenters. The lowest BCUT2D eigenvalue weighted by Crippen LogP contribution is -2.09. The molecule has 6 heteroatoms. The zero-order valence-electron chi connectivity index (χ0n) is 5.20. The average Bonchev–Trinajstić information content (AvgIpc) is 1.82. The summed E-state index contributed by atoms with van der Waals surface area (Å²) in [7, 11) is 0. The molecule has 0 saturated heterocycles. The van der Waals surface area contributed by atoms with E-state index in [4.69, 9.17) is 0 Å². The van der Waals surface area contributed by atoms with Crippen molar-refractivity contribution in [1.29, 1.82) is 0 Å². The van der Waals surface area contributed by atoms with Crippen LogP contribution < -0.4 is 0 Å². The Labute approximate surface area is 56.1 Å². The van der Waals surface area contributed by atoms with E-state index in [1.165, 1.54) is 6.92 Å². The van der Waals surface area contributed by atoms with E-state index >= 15 is 0 Å². The summed E-state index contributed by atoms with van der Waals surface area (Å²) in [4.78, 5) is 26.6. The van der Waals surface area contributed by atoms with Gasteiger partial charge in [0.2, 0.25) is 0 Å². The van der Waals surface area contributed by atoms with Gasteiger partial charge in [0, 0.05) is 5.57 Å². The molecule has 6 nitrogen and oxygen atoms in total. The minimum absolute atomic E-state index is 0.0295. The van der Waals surface area contributed by atoms with Crippen LogP contribution in [0.4, 0.5) is 0 Å². The van der Waals surface area contributed by atoms with Crippen LogP contribution in [0.1, 0.15) is 6.92 Å². The van der Waals surface area contributed by atoms with Gasteiger partial charge in [0.25, 0.3) is 0 Å². The second-order valence-corrected chi connectivity index (χ2v) is 1.45. The molecule has 0 aromatic heterocycles. The Bertz CT molecular complexity index is 174. The van der Waals surface area contributed by atoms with Crippen molar-refractivity contribution < 1.29 is 19.8 Å². The topological polar surface area (TPSA) is 78.7 Å². The van der Waals surface area contributed by atoms with Crippen molar-refractivity contribution in [3.8, 4) is 0 Å². The summed E-state index contributed by atoms with van der Waals surface area (Å²) in [6.07, 6.45) is 0. The fourth-order valence-corrected chi connectivity index (χ4v) is 0.135. The molecule has 0 aromatic carbocycles. The third-order valence-electron chi connectivity index (χ3n) is 0.522. The van der Waals surface area contributed by atoms with Gasteiger partial charge in [0.1, 0.15) is 0 Å². The van der Waals surface area contributed by atoms with E-state index in [1.54, 1.807) is 0 Å². The quantitative estimate of drug-likeness (QED) is 0.247. The maximum absolute atomic E-state index is 10.3. The molecule has 0 rings (SSSR count). The lowest BCUT2D eigenvalue weighted by Gasteiger charge is -1.95. The zero-order valence-corrected chi connectivity index (χ0v) is 5.20. The van der Waals surface area contributed by atoms with E-state index in [2.05, 4.69) is 16.5 Å². The van der Waals surface area contributed by atoms with Crippen LogP contribution in [-0.4, -0.2) is 11.1 Å². The van der Waals surface area contributed by atoms with Crippen LogP contribution in [0.3, 0.4) is 0 Å². The molecule has 0 fully saturated rings. The van der Waals surface area contributed by atoms with Crippen molar-refractivity contribution in [2.24, 2.45) is 0 Å². The standard InChI is InChI=1S/C4H5NO5/c1-3(2)4(6)9-10-5(7)8/h1H2,2H3. The van der Waals surface area contributed by atoms with Crippen LogP contribution in [0.15, 0.2) is 12.2 Å². The molecule has 0 aliphatic carbocycles. The minimum atomic E-state index is -1.24. The first-order valence-electron chi connectivity index (χ1n) is 2.23. The van der Waals surface area contributed by atoms with E-state index in [1.807, 2.05) is 0 Å². The lowest BCUT2D eigenvalue weighted by molar-refractivity contribution is -0.839. The highest BCUT2D eigenvalue weighted by atomic mass is 17.3. The van der Waals surface area contributed by atoms with E-state index in [0.717, 1.165) is 0 Å². The van der Waals surface area contributed by atoms with Gasteiger partial charge in [-0.1, -0.05) is 11.6 Å². The van der Waals surface area contributed by atoms with Crippen LogP contribution in [0.2, 0.25) is 0 Å². The van der Waals surface area contributed by atoms with Gasteiger partial charge in [0.05, 0.1) is 0 Å². The number of hydrogen-bond donors (Lipinski definition) is 0. The Hall–Kier alpha value is -1.59. The summed E-state index contributed by atoms with van der Waals surface area (Å²) in [6.45, 7) is 4.49. The van der Waals surface area contributed by atoms with Crippen LogP contribution >= 0.6 is 0 Å². The van der Waals surface area contributed by atoms with Crippen molar-refractivity contribution in [1.82, 2.24) is 0 Å². The monoisotopic (exact) mass is 147 g/mol. The molecule has 0 bridgehead atoms. The van der Waals surface area contributed by atoms with E-state index < -0.39 is 11.1 Å². The molecule has 56 valence electrons. The molecule has 0 aliphatic heterocycles. The van der Waals surface area contributed by atoms with Crippen LogP contribution in [0, 0.1) is 10.1 Å². The van der Waals surface area contributed by atoms with Crippen LogP contribution in [0.5, 0.6) is 0 Å². The van der Waals surface area contributed by atoms with Gasteiger partial charge in [-0.15, -0.1) is 10.1 Å². The van der Waals surface area contributed by atoms with Gasteiger partial charge >= 0.3 is 11.1 Å². The third-order valence-corrected chi connectivity index (χ3v) is 0.522. The van der Waals surface area contributed by atoms with Gasteiger partial charge in [0.15, 0.2) is 0 Å². The molecule has 0 aliphatic rings. The number of nitrogens with zero attached hydrogens (tertiary/aromatic N) is 1. The Morgan fingerprint density at radius 2 is 2.20 bits per heavy atom. The van der Waals surface area contributed by atoms with Crippen molar-refractivity contribution in [3.05, 3.63) is 22.3 Å². The molecule has 0 saturated carbocycles. The third kappa shape index (κ3) is 3.42. The molecule has 0 radical (unpaired) electrons. The number of rotatable bonds is 3. The van der Waals surface area contributed by atoms with Crippen LogP contribution in [0.25, 0.3) is 0 Å². The summed E-state index contributed by atoms with van der Waals surface area (Å²) in [5.74, 6) is -0.961. The van der Waals surface area contributed by atoms with Crippen molar-refractivity contribution in [3.63, 3.8) is 0 Å². The molecule has 0 amide bonds. The SMILES string of the molecule is C=C(C)C(=O)OO[N+](=O)[O-]. The maximum atomic E-state index is 10.3. The largest absolute Gasteiger partial charge is 0.369 e. The molecule has 0 atom stereocenters. The maximum Gasteiger partial charge on any atom is 0.369 e. The zero-order chi connectivity index (χ0) is 8.15. The molecule has 0 spiro atoms. The Kier molecular flexibility index (Phi) is 2.89. The normalized spacial score (nSPS) is 8.10. The summed E-state index contributed by atoms with van der Waals surface area (Å²) in [5.41, 5.74) is 0.0295. The fraction of sp³-hybridized carbons (Fsp3) is 0.250. The van der Waals surface area contributed by atoms with Gasteiger partial charge in [-0.25, -0.2) is 4.79 Å². The Morgan fingerprint density at radius 1 is 1.70 bits per heavy atom. The van der Waals surface area contributed by atoms with E-state index in [0.29, 0.717) is 0 Å². The van der Waals surface area contributed by atoms with Gasteiger partial charge in [-0.3, -0.25) is 4.89 Å². The molecule has 0 heterocycles. The Morgan fingerprint density at radius 3 is 2.50 bits per heavy atom. The smallest absolute Gasteiger partial charge is 0.255 e. The van der Waals surface area contributed by atoms with Crippen molar-refractivity contribution in [2.75, 3.05) is 0 Å². The van der Waals surface area contributed by atoms with Gasteiger partial charge in [-0.05, 0) is 6.92 Å². The van der Waals surface area contributed by atoms with Gasteiger partial charge in [-0.2, -0.15) is 0 Å². The summed E-state index contributed by atoms with van der Waals surface area (Å²) < 4.78 is 0. The number of hydrogen-bond acceptors (Lipinski definition) is 5. The summed E-state index contributed by atoms with van der Waals surface area (Å²) in [6, 6.07) is 0. The van der Waals surface area contributed by atoms with Crippen LogP contribution in [-0.2, 0) is 14.7 Å². The lowest BCUT2D eigenvalue weighted by atomic mass is 10.4. The average molecular weight is 147 g/mol. The fourth-order valence-electron chi connectivity index (χ4n) is 0.135. The predicted molar refractivity (Wildman–Crippen MR) is 29.0 cm³/mol. The molecule has 0 aromatic rings. The predicted octanol–water partition coefficient (Wildman–Crippen LogP) is 0.229. The van der Waals surface area contributed by atoms with E-state index in [-0.39, 0.29) is 5.57 Å². The highest BCUT2D eigenvalue weighted by molar-refractivity contribution is 5.86. The number of carbonyl (C=O) groups excluding carboxylic acids is 1. The molecular weight excluding hydrogens is 142 g/mol. The van der Waals surface area contributed by atoms with Crippen molar-refractivity contribution in [2.45, 2.75) is 6.92 Å². The first-order chi connectivity index (χ1) is 4.54. The minimum Gasteiger partial charge on any atom is -0.255 e. The summed E-state index contributed by atoms with van der Waals surface area (Å²) >= 11 is 0. The van der Waals surface area contributed by atoms with E-state index in [9.17, 15) is 14.9 Å². The highest BCUT2D eigenvalue weighted by Gasteiger charge is 2.05. The second kappa shape index (κ2) is 3.44. The molecule has 10 heavy (non-hydrogen) atoms. The van der Waals surface area contributed by atoms with Crippen molar-refractivity contribution >= 4 is 5.97 Å².